The molecule has 18 saturated carbocycles. The van der Waals surface area contributed by atoms with Crippen LogP contribution in [0.25, 0.3) is 16.8 Å². The van der Waals surface area contributed by atoms with E-state index in [1.807, 2.05) is 11.6 Å². The van der Waals surface area contributed by atoms with Gasteiger partial charge in [-0.3, -0.25) is 0 Å². The smallest absolute Gasteiger partial charge is 0.00893 e. The van der Waals surface area contributed by atoms with Crippen molar-refractivity contribution in [3.8, 4) is 0 Å². The SMILES string of the molecule is C=Cc1ccc(C23C4C5C2C2C3C4C52C23C4C5C2C2C3C4C52C23C4C5C2(CCCCCC)C2C3C4(CCCCCC)C52c2ccc3ccccc3c2)cc1. The monoisotopic (exact) mass is 704 g/mol. The summed E-state index contributed by atoms with van der Waals surface area (Å²) in [5, 5.41) is 2.97. The van der Waals surface area contributed by atoms with Gasteiger partial charge in [0.1, 0.15) is 0 Å². The Bertz CT molecular complexity index is 2290. The first-order valence-electron chi connectivity index (χ1n) is 23.9. The molecule has 0 N–H and O–H groups in total. The van der Waals surface area contributed by atoms with Crippen LogP contribution in [0.5, 0.6) is 0 Å². The summed E-state index contributed by atoms with van der Waals surface area (Å²) in [5.41, 5.74) is 11.1. The first kappa shape index (κ1) is 28.1. The van der Waals surface area contributed by atoms with Crippen molar-refractivity contribution in [3.05, 3.63) is 90.0 Å². The summed E-state index contributed by atoms with van der Waals surface area (Å²) in [7, 11) is 0. The maximum absolute atomic E-state index is 4.04. The van der Waals surface area contributed by atoms with E-state index in [1.54, 1.807) is 24.8 Å². The molecule has 0 heterocycles. The molecule has 0 aliphatic heterocycles. The number of hydrogen-bond donors (Lipinski definition) is 0. The molecular weight excluding hydrogens is 649 g/mol. The highest BCUT2D eigenvalue weighted by atomic mass is 15.3. The molecule has 0 radical (unpaired) electrons. The molecule has 0 aromatic heterocycles. The van der Waals surface area contributed by atoms with E-state index in [0.29, 0.717) is 16.2 Å². The van der Waals surface area contributed by atoms with Crippen LogP contribution in [0.1, 0.15) is 94.7 Å². The van der Waals surface area contributed by atoms with Gasteiger partial charge >= 0.3 is 0 Å². The first-order valence-corrected chi connectivity index (χ1v) is 23.9. The van der Waals surface area contributed by atoms with Crippen LogP contribution in [0.4, 0.5) is 0 Å². The molecule has 54 heavy (non-hydrogen) atoms. The van der Waals surface area contributed by atoms with Gasteiger partial charge in [-0.25, -0.2) is 0 Å². The van der Waals surface area contributed by atoms with E-state index in [4.69, 9.17) is 0 Å². The third-order valence-electron chi connectivity index (χ3n) is 25.9. The Morgan fingerprint density at radius 3 is 1.59 bits per heavy atom. The molecule has 4 atom stereocenters. The van der Waals surface area contributed by atoms with Crippen molar-refractivity contribution in [1.82, 2.24) is 0 Å². The fraction of sp³-hybridized carbons (Fsp3) is 0.667. The third kappa shape index (κ3) is 1.64. The molecule has 0 nitrogen and oxygen atoms in total. The van der Waals surface area contributed by atoms with Gasteiger partial charge in [0.05, 0.1) is 0 Å². The molecule has 0 saturated heterocycles. The maximum atomic E-state index is 4.04. The van der Waals surface area contributed by atoms with Crippen LogP contribution in [0.15, 0.2) is 73.3 Å². The summed E-state index contributed by atoms with van der Waals surface area (Å²) >= 11 is 0. The Hall–Kier alpha value is -2.34. The number of benzene rings is 3. The highest BCUT2D eigenvalue weighted by molar-refractivity contribution is 5.85. The van der Waals surface area contributed by atoms with Gasteiger partial charge in [0.25, 0.3) is 0 Å². The molecule has 0 bridgehead atoms. The van der Waals surface area contributed by atoms with E-state index in [2.05, 4.69) is 87.2 Å². The summed E-state index contributed by atoms with van der Waals surface area (Å²) < 4.78 is 0. The standard InChI is InChI=1S/C54H56/c1-4-7-9-13-23-47-45-43-48(24-14-10-8-5-2)44(50(43,47)30-22-19-27-15-11-12-16-28(27)25-30)46(47)54(45,48)53-40-37-41(53)39-42(53)38(40)52(37,39)51-34-31-35(51)33-36(51)32(34)49(31,33)29-20-17-26(6-3)18-21-29/h6,11-12,15-22,25,31-46H,3-5,7-10,13-14,23-24H2,1-2H3. The molecule has 18 fully saturated rings. The number of hydrogen-bond acceptors (Lipinski definition) is 0. The van der Waals surface area contributed by atoms with Crippen LogP contribution in [-0.4, -0.2) is 0 Å². The summed E-state index contributed by atoms with van der Waals surface area (Å²) in [5.74, 6) is 18.6. The molecule has 21 rings (SSSR count). The van der Waals surface area contributed by atoms with Gasteiger partial charge in [-0.15, -0.1) is 0 Å². The zero-order valence-electron chi connectivity index (χ0n) is 32.4. The van der Waals surface area contributed by atoms with E-state index in [1.165, 1.54) is 115 Å². The molecule has 272 valence electrons. The van der Waals surface area contributed by atoms with Crippen molar-refractivity contribution >= 4 is 16.8 Å². The predicted molar refractivity (Wildman–Crippen MR) is 212 cm³/mol. The number of fused-ring (bicyclic) bond motifs is 1. The Kier molecular flexibility index (Phi) is 3.81. The largest absolute Gasteiger partial charge is 0.0985 e. The zero-order chi connectivity index (χ0) is 34.7. The minimum Gasteiger partial charge on any atom is -0.0985 e. The molecule has 0 spiro atoms. The highest BCUT2D eigenvalue weighted by Crippen LogP contribution is 3.30. The Morgan fingerprint density at radius 1 is 0.500 bits per heavy atom. The second kappa shape index (κ2) is 7.32. The van der Waals surface area contributed by atoms with E-state index < -0.39 is 0 Å². The van der Waals surface area contributed by atoms with Crippen LogP contribution in [0.2, 0.25) is 0 Å². The van der Waals surface area contributed by atoms with Crippen molar-refractivity contribution < 1.29 is 0 Å². The number of rotatable bonds is 15. The highest BCUT2D eigenvalue weighted by Gasteiger charge is 3.28. The van der Waals surface area contributed by atoms with Gasteiger partial charge < -0.3 is 0 Å². The lowest BCUT2D eigenvalue weighted by molar-refractivity contribution is -0.828. The second-order valence-electron chi connectivity index (χ2n) is 23.8. The predicted octanol–water partition coefficient (Wildman–Crippen LogP) is 11.6. The first-order chi connectivity index (χ1) is 26.7. The fourth-order valence-corrected chi connectivity index (χ4v) is 27.1. The Balaban J connectivity index is 0.702. The van der Waals surface area contributed by atoms with Crippen LogP contribution in [0, 0.1) is 127 Å². The lowest BCUT2D eigenvalue weighted by Gasteiger charge is -3.29. The average Bonchev–Trinajstić information content (AvgIpc) is 3.23. The number of unbranched alkanes of at least 4 members (excludes halogenated alkanes) is 6. The lowest BCUT2D eigenvalue weighted by Crippen LogP contribution is -3.28. The summed E-state index contributed by atoms with van der Waals surface area (Å²) in [6, 6.07) is 27.1. The van der Waals surface area contributed by atoms with Crippen molar-refractivity contribution in [2.24, 2.45) is 127 Å². The molecular formula is C54H56. The third-order valence-corrected chi connectivity index (χ3v) is 25.9. The van der Waals surface area contributed by atoms with Crippen LogP contribution in [-0.2, 0) is 10.8 Å². The van der Waals surface area contributed by atoms with Crippen molar-refractivity contribution in [2.75, 3.05) is 0 Å². The minimum atomic E-state index is 0.571. The van der Waals surface area contributed by atoms with E-state index >= 15 is 0 Å². The van der Waals surface area contributed by atoms with Gasteiger partial charge in [-0.2, -0.15) is 0 Å². The zero-order valence-corrected chi connectivity index (χ0v) is 32.4. The summed E-state index contributed by atoms with van der Waals surface area (Å²) in [4.78, 5) is 0. The van der Waals surface area contributed by atoms with Crippen LogP contribution >= 0.6 is 0 Å². The van der Waals surface area contributed by atoms with Crippen LogP contribution < -0.4 is 0 Å². The molecule has 3 aromatic carbocycles. The van der Waals surface area contributed by atoms with Gasteiger partial charge in [0.2, 0.25) is 0 Å². The second-order valence-corrected chi connectivity index (χ2v) is 23.8. The average molecular weight is 705 g/mol. The van der Waals surface area contributed by atoms with Crippen molar-refractivity contribution in [3.63, 3.8) is 0 Å². The van der Waals surface area contributed by atoms with Crippen LogP contribution in [0.3, 0.4) is 0 Å². The lowest BCUT2D eigenvalue weighted by atomic mass is 8.73. The summed E-state index contributed by atoms with van der Waals surface area (Å²) in [6.45, 7) is 8.88. The van der Waals surface area contributed by atoms with Crippen molar-refractivity contribution in [2.45, 2.75) is 88.9 Å². The Labute approximate surface area is 321 Å². The maximum Gasteiger partial charge on any atom is 0.00893 e. The quantitative estimate of drug-likeness (QED) is 0.138. The minimum absolute atomic E-state index is 0.571. The van der Waals surface area contributed by atoms with Gasteiger partial charge in [-0.05, 0) is 167 Å². The van der Waals surface area contributed by atoms with Gasteiger partial charge in [-0.1, -0.05) is 145 Å². The molecule has 4 unspecified atom stereocenters. The molecule has 3 aromatic rings. The normalized spacial score (nSPS) is 66.3. The van der Waals surface area contributed by atoms with E-state index in [-0.39, 0.29) is 0 Å². The fourth-order valence-electron chi connectivity index (χ4n) is 27.1. The molecule has 18 aliphatic carbocycles. The topological polar surface area (TPSA) is 0 Å². The van der Waals surface area contributed by atoms with Gasteiger partial charge in [0, 0.05) is 10.8 Å². The Morgan fingerprint density at radius 2 is 1.02 bits per heavy atom. The molecule has 0 amide bonds. The van der Waals surface area contributed by atoms with Crippen molar-refractivity contribution in [1.29, 1.82) is 0 Å². The van der Waals surface area contributed by atoms with E-state index in [0.717, 1.165) is 68.5 Å². The summed E-state index contributed by atoms with van der Waals surface area (Å²) in [6.07, 6.45) is 17.0. The molecule has 18 aliphatic rings. The molecule has 0 heteroatoms. The van der Waals surface area contributed by atoms with E-state index in [9.17, 15) is 0 Å². The van der Waals surface area contributed by atoms with Gasteiger partial charge in [0.15, 0.2) is 0 Å².